The number of benzene rings is 3. The molecule has 166 valence electrons. The number of rotatable bonds is 6. The highest BCUT2D eigenvalue weighted by Gasteiger charge is 2.11. The lowest BCUT2D eigenvalue weighted by Gasteiger charge is -2.28. The fourth-order valence-corrected chi connectivity index (χ4v) is 4.22. The molecule has 1 fully saturated rings. The number of nitrogens with zero attached hydrogens (tertiary/aromatic N) is 3. The molecule has 0 atom stereocenters. The average Bonchev–Trinajstić information content (AvgIpc) is 3.21. The van der Waals surface area contributed by atoms with Crippen LogP contribution in [0.3, 0.4) is 0 Å². The molecule has 6 nitrogen and oxygen atoms in total. The third kappa shape index (κ3) is 4.66. The van der Waals surface area contributed by atoms with Crippen LogP contribution in [0, 0.1) is 0 Å². The molecule has 4 aromatic rings. The molecule has 0 aliphatic carbocycles. The second-order valence-electron chi connectivity index (χ2n) is 8.11. The third-order valence-corrected chi connectivity index (χ3v) is 5.92. The Bertz CT molecular complexity index is 1300. The van der Waals surface area contributed by atoms with Crippen molar-refractivity contribution in [2.24, 2.45) is 4.99 Å². The molecular weight excluding hydrogens is 414 g/mol. The van der Waals surface area contributed by atoms with E-state index in [1.54, 1.807) is 18.2 Å². The molecule has 0 spiro atoms. The maximum atomic E-state index is 11.3. The fourth-order valence-electron chi connectivity index (χ4n) is 4.22. The third-order valence-electron chi connectivity index (χ3n) is 5.92. The summed E-state index contributed by atoms with van der Waals surface area (Å²) in [6.07, 6.45) is 3.97. The van der Waals surface area contributed by atoms with Gasteiger partial charge in [0.1, 0.15) is 0 Å². The molecule has 2 heterocycles. The van der Waals surface area contributed by atoms with Gasteiger partial charge in [-0.3, -0.25) is 4.99 Å². The lowest BCUT2D eigenvalue weighted by atomic mass is 10.1. The largest absolute Gasteiger partial charge is 0.478 e. The first-order valence-electron chi connectivity index (χ1n) is 11.0. The number of aliphatic imine (C=N–C) groups is 1. The van der Waals surface area contributed by atoms with Crippen molar-refractivity contribution < 1.29 is 14.6 Å². The quantitative estimate of drug-likeness (QED) is 0.431. The van der Waals surface area contributed by atoms with Gasteiger partial charge < -0.3 is 19.3 Å². The molecule has 33 heavy (non-hydrogen) atoms. The van der Waals surface area contributed by atoms with E-state index in [9.17, 15) is 9.90 Å². The van der Waals surface area contributed by atoms with Crippen LogP contribution >= 0.6 is 0 Å². The molecule has 0 bridgehead atoms. The van der Waals surface area contributed by atoms with E-state index in [-0.39, 0.29) is 0 Å². The van der Waals surface area contributed by atoms with Gasteiger partial charge in [-0.25, -0.2) is 4.79 Å². The van der Waals surface area contributed by atoms with Crippen LogP contribution in [0.4, 0.5) is 11.4 Å². The Kier molecular flexibility index (Phi) is 5.91. The van der Waals surface area contributed by atoms with Crippen molar-refractivity contribution in [3.8, 4) is 0 Å². The van der Waals surface area contributed by atoms with Crippen molar-refractivity contribution in [3.05, 3.63) is 95.7 Å². The van der Waals surface area contributed by atoms with Crippen LogP contribution in [0.5, 0.6) is 0 Å². The second kappa shape index (κ2) is 9.30. The van der Waals surface area contributed by atoms with E-state index in [1.165, 1.54) is 5.69 Å². The molecule has 1 aliphatic rings. The van der Waals surface area contributed by atoms with Crippen LogP contribution in [0.1, 0.15) is 21.5 Å². The Morgan fingerprint density at radius 3 is 2.58 bits per heavy atom. The molecule has 1 aliphatic heterocycles. The van der Waals surface area contributed by atoms with E-state index >= 15 is 0 Å². The first kappa shape index (κ1) is 21.0. The number of morpholine rings is 1. The van der Waals surface area contributed by atoms with E-state index in [2.05, 4.69) is 39.9 Å². The monoisotopic (exact) mass is 439 g/mol. The summed E-state index contributed by atoms with van der Waals surface area (Å²) < 4.78 is 7.57. The molecule has 0 unspecified atom stereocenters. The molecule has 0 saturated carbocycles. The first-order valence-corrected chi connectivity index (χ1v) is 11.0. The predicted molar refractivity (Wildman–Crippen MR) is 131 cm³/mol. The van der Waals surface area contributed by atoms with E-state index < -0.39 is 5.97 Å². The maximum absolute atomic E-state index is 11.3. The summed E-state index contributed by atoms with van der Waals surface area (Å²) in [4.78, 5) is 18.4. The van der Waals surface area contributed by atoms with Crippen LogP contribution in [-0.2, 0) is 11.3 Å². The molecule has 5 rings (SSSR count). The Balaban J connectivity index is 1.39. The molecule has 1 saturated heterocycles. The molecule has 0 amide bonds. The zero-order valence-corrected chi connectivity index (χ0v) is 18.2. The first-order chi connectivity index (χ1) is 16.2. The van der Waals surface area contributed by atoms with Crippen LogP contribution in [0.15, 0.2) is 84.0 Å². The van der Waals surface area contributed by atoms with Crippen molar-refractivity contribution in [2.75, 3.05) is 31.2 Å². The van der Waals surface area contributed by atoms with Crippen LogP contribution in [0.2, 0.25) is 0 Å². The number of para-hydroxylation sites is 1. The number of anilines is 1. The number of aromatic nitrogens is 1. The number of ether oxygens (including phenoxy) is 1. The van der Waals surface area contributed by atoms with Gasteiger partial charge in [-0.2, -0.15) is 0 Å². The van der Waals surface area contributed by atoms with Gasteiger partial charge in [0, 0.05) is 54.2 Å². The minimum absolute atomic E-state index is 0.297. The Labute approximate surface area is 192 Å². The SMILES string of the molecule is O=C(O)c1cccc(Cn2cc(C=Nc3ccc(N4CCOCC4)cc3)c3ccccc32)c1. The van der Waals surface area contributed by atoms with Crippen molar-refractivity contribution >= 4 is 34.5 Å². The minimum Gasteiger partial charge on any atom is -0.478 e. The van der Waals surface area contributed by atoms with Gasteiger partial charge in [0.15, 0.2) is 0 Å². The van der Waals surface area contributed by atoms with Gasteiger partial charge in [0.25, 0.3) is 0 Å². The number of carboxylic acid groups (broad SMARTS) is 1. The summed E-state index contributed by atoms with van der Waals surface area (Å²) in [5.74, 6) is -0.915. The number of hydrogen-bond donors (Lipinski definition) is 1. The van der Waals surface area contributed by atoms with Gasteiger partial charge in [-0.15, -0.1) is 0 Å². The molecule has 1 aromatic heterocycles. The zero-order chi connectivity index (χ0) is 22.6. The Hall–Kier alpha value is -3.90. The van der Waals surface area contributed by atoms with Gasteiger partial charge in [0.2, 0.25) is 0 Å². The van der Waals surface area contributed by atoms with E-state index in [4.69, 9.17) is 9.73 Å². The van der Waals surface area contributed by atoms with Crippen LogP contribution < -0.4 is 4.90 Å². The normalized spacial score (nSPS) is 14.2. The standard InChI is InChI=1S/C27H25N3O3/c31-27(32)21-5-3-4-20(16-21)18-30-19-22(25-6-1-2-7-26(25)30)17-28-23-8-10-24(11-9-23)29-12-14-33-15-13-29/h1-11,16-17,19H,12-15,18H2,(H,31,32). The van der Waals surface area contributed by atoms with E-state index in [1.807, 2.05) is 36.5 Å². The summed E-state index contributed by atoms with van der Waals surface area (Å²) in [5.41, 5.74) is 5.44. The van der Waals surface area contributed by atoms with Gasteiger partial charge >= 0.3 is 5.97 Å². The number of aromatic carboxylic acids is 1. The van der Waals surface area contributed by atoms with Crippen LogP contribution in [-0.4, -0.2) is 48.2 Å². The number of carboxylic acids is 1. The van der Waals surface area contributed by atoms with Crippen molar-refractivity contribution in [2.45, 2.75) is 6.54 Å². The van der Waals surface area contributed by atoms with Gasteiger partial charge in [-0.1, -0.05) is 30.3 Å². The van der Waals surface area contributed by atoms with Crippen molar-refractivity contribution in [1.82, 2.24) is 4.57 Å². The predicted octanol–water partition coefficient (Wildman–Crippen LogP) is 4.98. The smallest absolute Gasteiger partial charge is 0.335 e. The summed E-state index contributed by atoms with van der Waals surface area (Å²) in [5, 5.41) is 10.4. The fraction of sp³-hybridized carbons (Fsp3) is 0.185. The van der Waals surface area contributed by atoms with Crippen molar-refractivity contribution in [1.29, 1.82) is 0 Å². The van der Waals surface area contributed by atoms with Crippen molar-refractivity contribution in [3.63, 3.8) is 0 Å². The minimum atomic E-state index is -0.915. The highest BCUT2D eigenvalue weighted by atomic mass is 16.5. The van der Waals surface area contributed by atoms with Crippen LogP contribution in [0.25, 0.3) is 10.9 Å². The summed E-state index contributed by atoms with van der Waals surface area (Å²) >= 11 is 0. The number of hydrogen-bond acceptors (Lipinski definition) is 4. The molecule has 6 heteroatoms. The summed E-state index contributed by atoms with van der Waals surface area (Å²) in [6, 6.07) is 23.6. The van der Waals surface area contributed by atoms with Gasteiger partial charge in [-0.05, 0) is 48.0 Å². The van der Waals surface area contributed by atoms with E-state index in [0.29, 0.717) is 12.1 Å². The molecule has 0 radical (unpaired) electrons. The Morgan fingerprint density at radius 1 is 1.00 bits per heavy atom. The molecular formula is C27H25N3O3. The topological polar surface area (TPSA) is 67.1 Å². The lowest BCUT2D eigenvalue weighted by molar-refractivity contribution is 0.0696. The highest BCUT2D eigenvalue weighted by molar-refractivity contribution is 6.00. The van der Waals surface area contributed by atoms with Gasteiger partial charge in [0.05, 0.1) is 24.5 Å². The Morgan fingerprint density at radius 2 is 1.79 bits per heavy atom. The lowest BCUT2D eigenvalue weighted by Crippen LogP contribution is -2.36. The number of fused-ring (bicyclic) bond motifs is 1. The maximum Gasteiger partial charge on any atom is 0.335 e. The molecule has 1 N–H and O–H groups in total. The highest BCUT2D eigenvalue weighted by Crippen LogP contribution is 2.24. The zero-order valence-electron chi connectivity index (χ0n) is 18.2. The van der Waals surface area contributed by atoms with E-state index in [0.717, 1.165) is 54.0 Å². The second-order valence-corrected chi connectivity index (χ2v) is 8.11. The average molecular weight is 440 g/mol. The summed E-state index contributed by atoms with van der Waals surface area (Å²) in [6.45, 7) is 3.95. The molecule has 3 aromatic carbocycles. The number of carbonyl (C=O) groups is 1. The summed E-state index contributed by atoms with van der Waals surface area (Å²) in [7, 11) is 0.